The molecule has 0 aliphatic heterocycles. The number of nitrogens with zero attached hydrogens (tertiary/aromatic N) is 1. The van der Waals surface area contributed by atoms with Crippen LogP contribution in [-0.4, -0.2) is 25.0 Å². The van der Waals surface area contributed by atoms with Crippen molar-refractivity contribution in [2.45, 2.75) is 26.4 Å². The summed E-state index contributed by atoms with van der Waals surface area (Å²) in [6, 6.07) is 19.8. The molecule has 0 amide bonds. The van der Waals surface area contributed by atoms with Gasteiger partial charge < -0.3 is 10.2 Å². The van der Waals surface area contributed by atoms with E-state index in [9.17, 15) is 0 Å². The molecule has 0 saturated carbocycles. The van der Waals surface area contributed by atoms with Crippen LogP contribution >= 0.6 is 0 Å². The van der Waals surface area contributed by atoms with E-state index in [1.165, 1.54) is 16.7 Å². The summed E-state index contributed by atoms with van der Waals surface area (Å²) in [5.74, 6) is 0. The monoisotopic (exact) mass is 282 g/mol. The van der Waals surface area contributed by atoms with Crippen molar-refractivity contribution in [3.05, 3.63) is 71.3 Å². The minimum Gasteiger partial charge on any atom is -0.309 e. The standard InChI is InChI=1S/C19H26N2/c1-4-20-19(18-11-6-5-7-12-18)15-21(3)14-17-10-8-9-16(2)13-17/h5-13,19-20H,4,14-15H2,1-3H3. The first-order valence-electron chi connectivity index (χ1n) is 7.71. The molecule has 0 spiro atoms. The van der Waals surface area contributed by atoms with Crippen molar-refractivity contribution in [1.82, 2.24) is 10.2 Å². The predicted molar refractivity (Wildman–Crippen MR) is 90.4 cm³/mol. The number of hydrogen-bond acceptors (Lipinski definition) is 2. The van der Waals surface area contributed by atoms with Crippen molar-refractivity contribution in [2.75, 3.05) is 20.1 Å². The van der Waals surface area contributed by atoms with Crippen LogP contribution in [0.5, 0.6) is 0 Å². The summed E-state index contributed by atoms with van der Waals surface area (Å²) < 4.78 is 0. The number of aryl methyl sites for hydroxylation is 1. The van der Waals surface area contributed by atoms with E-state index in [1.807, 2.05) is 0 Å². The average Bonchev–Trinajstić information content (AvgIpc) is 2.47. The van der Waals surface area contributed by atoms with Crippen LogP contribution in [0, 0.1) is 6.92 Å². The molecule has 21 heavy (non-hydrogen) atoms. The molecule has 0 heterocycles. The van der Waals surface area contributed by atoms with Gasteiger partial charge in [0.05, 0.1) is 0 Å². The molecule has 0 aliphatic rings. The number of nitrogens with one attached hydrogen (secondary N) is 1. The minimum atomic E-state index is 0.381. The number of benzene rings is 2. The zero-order chi connectivity index (χ0) is 15.1. The lowest BCUT2D eigenvalue weighted by Gasteiger charge is -2.25. The van der Waals surface area contributed by atoms with Crippen LogP contribution < -0.4 is 5.32 Å². The number of likely N-dealkylation sites (N-methyl/N-ethyl adjacent to an activating group) is 2. The normalized spacial score (nSPS) is 12.6. The Kier molecular flexibility index (Phi) is 5.97. The zero-order valence-electron chi connectivity index (χ0n) is 13.3. The van der Waals surface area contributed by atoms with E-state index in [0.29, 0.717) is 6.04 Å². The maximum Gasteiger partial charge on any atom is 0.0449 e. The van der Waals surface area contributed by atoms with Crippen molar-refractivity contribution in [3.63, 3.8) is 0 Å². The van der Waals surface area contributed by atoms with Gasteiger partial charge in [-0.2, -0.15) is 0 Å². The van der Waals surface area contributed by atoms with Crippen molar-refractivity contribution in [2.24, 2.45) is 0 Å². The highest BCUT2D eigenvalue weighted by Crippen LogP contribution is 2.15. The highest BCUT2D eigenvalue weighted by molar-refractivity contribution is 5.22. The molecule has 1 N–H and O–H groups in total. The number of rotatable bonds is 7. The Morgan fingerprint density at radius 2 is 1.81 bits per heavy atom. The van der Waals surface area contributed by atoms with Gasteiger partial charge in [-0.3, -0.25) is 0 Å². The Hall–Kier alpha value is -1.64. The summed E-state index contributed by atoms with van der Waals surface area (Å²) in [7, 11) is 2.19. The molecule has 0 radical (unpaired) electrons. The fraction of sp³-hybridized carbons (Fsp3) is 0.368. The SMILES string of the molecule is CCNC(CN(C)Cc1cccc(C)c1)c1ccccc1. The summed E-state index contributed by atoms with van der Waals surface area (Å²) in [5.41, 5.74) is 4.06. The summed E-state index contributed by atoms with van der Waals surface area (Å²) in [6.07, 6.45) is 0. The number of hydrogen-bond donors (Lipinski definition) is 1. The largest absolute Gasteiger partial charge is 0.309 e. The molecule has 1 atom stereocenters. The van der Waals surface area contributed by atoms with Gasteiger partial charge in [-0.05, 0) is 31.6 Å². The van der Waals surface area contributed by atoms with Crippen LogP contribution in [0.3, 0.4) is 0 Å². The van der Waals surface area contributed by atoms with Crippen molar-refractivity contribution < 1.29 is 0 Å². The van der Waals surface area contributed by atoms with Gasteiger partial charge in [-0.1, -0.05) is 67.1 Å². The average molecular weight is 282 g/mol. The van der Waals surface area contributed by atoms with Crippen LogP contribution in [0.1, 0.15) is 29.7 Å². The van der Waals surface area contributed by atoms with Crippen LogP contribution in [-0.2, 0) is 6.54 Å². The lowest BCUT2D eigenvalue weighted by atomic mass is 10.1. The van der Waals surface area contributed by atoms with Gasteiger partial charge >= 0.3 is 0 Å². The Balaban J connectivity index is 2.00. The van der Waals surface area contributed by atoms with Gasteiger partial charge in [0.15, 0.2) is 0 Å². The summed E-state index contributed by atoms with van der Waals surface area (Å²) in [5, 5.41) is 3.59. The highest BCUT2D eigenvalue weighted by atomic mass is 15.1. The van der Waals surface area contributed by atoms with Crippen LogP contribution in [0.2, 0.25) is 0 Å². The Labute approximate surface area is 128 Å². The molecule has 0 fully saturated rings. The van der Waals surface area contributed by atoms with Gasteiger partial charge in [0, 0.05) is 19.1 Å². The lowest BCUT2D eigenvalue weighted by molar-refractivity contribution is 0.285. The maximum absolute atomic E-state index is 3.59. The van der Waals surface area contributed by atoms with E-state index in [0.717, 1.165) is 19.6 Å². The molecule has 112 valence electrons. The Morgan fingerprint density at radius 3 is 2.48 bits per heavy atom. The van der Waals surface area contributed by atoms with Gasteiger partial charge in [-0.15, -0.1) is 0 Å². The van der Waals surface area contributed by atoms with Crippen LogP contribution in [0.25, 0.3) is 0 Å². The molecule has 2 aromatic rings. The van der Waals surface area contributed by atoms with E-state index in [1.54, 1.807) is 0 Å². The lowest BCUT2D eigenvalue weighted by Crippen LogP contribution is -2.32. The maximum atomic E-state index is 3.59. The highest BCUT2D eigenvalue weighted by Gasteiger charge is 2.12. The third-order valence-corrected chi connectivity index (χ3v) is 3.68. The molecule has 2 nitrogen and oxygen atoms in total. The van der Waals surface area contributed by atoms with Crippen LogP contribution in [0.4, 0.5) is 0 Å². The van der Waals surface area contributed by atoms with E-state index >= 15 is 0 Å². The molecule has 2 aromatic carbocycles. The third-order valence-electron chi connectivity index (χ3n) is 3.68. The third kappa shape index (κ3) is 5.00. The predicted octanol–water partition coefficient (Wildman–Crippen LogP) is 3.78. The molecule has 0 bridgehead atoms. The van der Waals surface area contributed by atoms with Crippen molar-refractivity contribution >= 4 is 0 Å². The van der Waals surface area contributed by atoms with Gasteiger partial charge in [-0.25, -0.2) is 0 Å². The molecule has 1 unspecified atom stereocenters. The second kappa shape index (κ2) is 7.96. The van der Waals surface area contributed by atoms with E-state index in [4.69, 9.17) is 0 Å². The molecular weight excluding hydrogens is 256 g/mol. The topological polar surface area (TPSA) is 15.3 Å². The van der Waals surface area contributed by atoms with Gasteiger partial charge in [0.2, 0.25) is 0 Å². The second-order valence-electron chi connectivity index (χ2n) is 5.71. The Bertz CT molecular complexity index is 536. The molecule has 2 heteroatoms. The summed E-state index contributed by atoms with van der Waals surface area (Å²) in [4.78, 5) is 2.38. The first-order chi connectivity index (χ1) is 10.2. The molecular formula is C19H26N2. The van der Waals surface area contributed by atoms with E-state index in [-0.39, 0.29) is 0 Å². The molecule has 0 aromatic heterocycles. The first kappa shape index (κ1) is 15.7. The first-order valence-corrected chi connectivity index (χ1v) is 7.71. The van der Waals surface area contributed by atoms with Crippen molar-refractivity contribution in [3.8, 4) is 0 Å². The molecule has 0 saturated heterocycles. The second-order valence-corrected chi connectivity index (χ2v) is 5.71. The summed E-state index contributed by atoms with van der Waals surface area (Å²) >= 11 is 0. The molecule has 2 rings (SSSR count). The van der Waals surface area contributed by atoms with E-state index in [2.05, 4.69) is 85.7 Å². The molecule has 0 aliphatic carbocycles. The Morgan fingerprint density at radius 1 is 1.05 bits per heavy atom. The quantitative estimate of drug-likeness (QED) is 0.831. The fourth-order valence-corrected chi connectivity index (χ4v) is 2.72. The van der Waals surface area contributed by atoms with E-state index < -0.39 is 0 Å². The smallest absolute Gasteiger partial charge is 0.0449 e. The van der Waals surface area contributed by atoms with Crippen molar-refractivity contribution in [1.29, 1.82) is 0 Å². The summed E-state index contributed by atoms with van der Waals surface area (Å²) in [6.45, 7) is 7.28. The minimum absolute atomic E-state index is 0.381. The fourth-order valence-electron chi connectivity index (χ4n) is 2.72. The van der Waals surface area contributed by atoms with Gasteiger partial charge in [0.25, 0.3) is 0 Å². The zero-order valence-corrected chi connectivity index (χ0v) is 13.3. The van der Waals surface area contributed by atoms with Crippen LogP contribution in [0.15, 0.2) is 54.6 Å². The van der Waals surface area contributed by atoms with Gasteiger partial charge in [0.1, 0.15) is 0 Å².